The second-order valence-electron chi connectivity index (χ2n) is 6.75. The van der Waals surface area contributed by atoms with Crippen molar-refractivity contribution in [2.24, 2.45) is 0 Å². The molecule has 1 fully saturated rings. The molecular weight excluding hydrogens is 380 g/mol. The van der Waals surface area contributed by atoms with Crippen molar-refractivity contribution < 1.29 is 13.2 Å². The van der Waals surface area contributed by atoms with Gasteiger partial charge in [0.25, 0.3) is 0 Å². The number of sulfonamides is 1. The molecule has 2 aromatic rings. The molecule has 0 amide bonds. The van der Waals surface area contributed by atoms with Gasteiger partial charge in [-0.2, -0.15) is 4.31 Å². The standard InChI is InChI=1S/C20H26N2O3S2/c1-16-7-9-19(25-2)17(13-16)15-26-20-10-8-18(14-21-20)27(23,24)22-11-5-3-4-6-12-22/h7-10,13-14H,3-6,11-12,15H2,1-2H3. The predicted octanol–water partition coefficient (Wildman–Crippen LogP) is 4.26. The molecule has 0 bridgehead atoms. The lowest BCUT2D eigenvalue weighted by atomic mass is 10.1. The zero-order valence-electron chi connectivity index (χ0n) is 15.8. The lowest BCUT2D eigenvalue weighted by molar-refractivity contribution is 0.411. The normalized spacial score (nSPS) is 16.1. The second-order valence-corrected chi connectivity index (χ2v) is 9.69. The van der Waals surface area contributed by atoms with Crippen LogP contribution in [-0.2, 0) is 15.8 Å². The van der Waals surface area contributed by atoms with Crippen LogP contribution in [0.2, 0.25) is 0 Å². The van der Waals surface area contributed by atoms with E-state index in [0.29, 0.717) is 13.1 Å². The SMILES string of the molecule is COc1ccc(C)cc1CSc1ccc(S(=O)(=O)N2CCCCCC2)cn1. The molecule has 0 N–H and O–H groups in total. The maximum Gasteiger partial charge on any atom is 0.244 e. The van der Waals surface area contributed by atoms with Gasteiger partial charge < -0.3 is 4.74 Å². The van der Waals surface area contributed by atoms with E-state index in [1.165, 1.54) is 11.8 Å². The Morgan fingerprint density at radius 2 is 1.85 bits per heavy atom. The minimum Gasteiger partial charge on any atom is -0.496 e. The summed E-state index contributed by atoms with van der Waals surface area (Å²) in [4.78, 5) is 4.65. The van der Waals surface area contributed by atoms with E-state index < -0.39 is 10.0 Å². The van der Waals surface area contributed by atoms with Gasteiger partial charge >= 0.3 is 0 Å². The Balaban J connectivity index is 1.69. The number of hydrogen-bond acceptors (Lipinski definition) is 5. The molecule has 2 heterocycles. The summed E-state index contributed by atoms with van der Waals surface area (Å²) in [6.07, 6.45) is 5.54. The first-order chi connectivity index (χ1) is 13.0. The van der Waals surface area contributed by atoms with Crippen molar-refractivity contribution in [2.45, 2.75) is 48.3 Å². The van der Waals surface area contributed by atoms with E-state index in [0.717, 1.165) is 47.8 Å². The number of rotatable bonds is 6. The average molecular weight is 407 g/mol. The van der Waals surface area contributed by atoms with E-state index >= 15 is 0 Å². The molecule has 0 radical (unpaired) electrons. The number of pyridine rings is 1. The van der Waals surface area contributed by atoms with Crippen LogP contribution in [0.1, 0.15) is 36.8 Å². The monoisotopic (exact) mass is 406 g/mol. The molecule has 1 aromatic carbocycles. The third-order valence-corrected chi connectivity index (χ3v) is 7.60. The lowest BCUT2D eigenvalue weighted by Crippen LogP contribution is -2.32. The highest BCUT2D eigenvalue weighted by atomic mass is 32.2. The fraction of sp³-hybridized carbons (Fsp3) is 0.450. The lowest BCUT2D eigenvalue weighted by Gasteiger charge is -2.19. The van der Waals surface area contributed by atoms with Gasteiger partial charge in [0, 0.05) is 30.6 Å². The number of aromatic nitrogens is 1. The third kappa shape index (κ3) is 5.03. The van der Waals surface area contributed by atoms with Gasteiger partial charge in [0.15, 0.2) is 0 Å². The summed E-state index contributed by atoms with van der Waals surface area (Å²) >= 11 is 1.57. The van der Waals surface area contributed by atoms with E-state index in [1.807, 2.05) is 19.1 Å². The number of ether oxygens (including phenoxy) is 1. The number of methoxy groups -OCH3 is 1. The van der Waals surface area contributed by atoms with Crippen molar-refractivity contribution in [2.75, 3.05) is 20.2 Å². The van der Waals surface area contributed by atoms with Crippen molar-refractivity contribution in [3.05, 3.63) is 47.7 Å². The Morgan fingerprint density at radius 3 is 2.48 bits per heavy atom. The van der Waals surface area contributed by atoms with Gasteiger partial charge in [-0.15, -0.1) is 11.8 Å². The number of hydrogen-bond donors (Lipinski definition) is 0. The fourth-order valence-corrected chi connectivity index (χ4v) is 5.49. The highest BCUT2D eigenvalue weighted by Crippen LogP contribution is 2.28. The van der Waals surface area contributed by atoms with Crippen LogP contribution in [0.4, 0.5) is 0 Å². The van der Waals surface area contributed by atoms with Crippen LogP contribution >= 0.6 is 11.8 Å². The molecule has 146 valence electrons. The third-order valence-electron chi connectivity index (χ3n) is 4.72. The Labute approximate surface area is 166 Å². The van der Waals surface area contributed by atoms with Crippen LogP contribution in [0.5, 0.6) is 5.75 Å². The number of aryl methyl sites for hydroxylation is 1. The molecule has 5 nitrogen and oxygen atoms in total. The molecule has 7 heteroatoms. The largest absolute Gasteiger partial charge is 0.496 e. The molecule has 0 spiro atoms. The molecule has 27 heavy (non-hydrogen) atoms. The molecule has 3 rings (SSSR count). The van der Waals surface area contributed by atoms with Crippen molar-refractivity contribution in [3.8, 4) is 5.75 Å². The van der Waals surface area contributed by atoms with Gasteiger partial charge in [0.2, 0.25) is 10.0 Å². The summed E-state index contributed by atoms with van der Waals surface area (Å²) in [7, 11) is -1.78. The molecule has 1 aliphatic heterocycles. The molecule has 1 saturated heterocycles. The van der Waals surface area contributed by atoms with Crippen LogP contribution in [0.3, 0.4) is 0 Å². The van der Waals surface area contributed by atoms with Gasteiger partial charge in [0.1, 0.15) is 10.6 Å². The first-order valence-corrected chi connectivity index (χ1v) is 11.7. The van der Waals surface area contributed by atoms with Crippen molar-refractivity contribution >= 4 is 21.8 Å². The summed E-state index contributed by atoms with van der Waals surface area (Å²) < 4.78 is 32.6. The Hall–Kier alpha value is -1.57. The van der Waals surface area contributed by atoms with E-state index in [2.05, 4.69) is 11.1 Å². The molecular formula is C20H26N2O3S2. The average Bonchev–Trinajstić information content (AvgIpc) is 2.97. The first kappa shape index (κ1) is 20.2. The summed E-state index contributed by atoms with van der Waals surface area (Å²) in [6, 6.07) is 9.55. The van der Waals surface area contributed by atoms with E-state index in [4.69, 9.17) is 4.74 Å². The van der Waals surface area contributed by atoms with Gasteiger partial charge in [0.05, 0.1) is 12.1 Å². The molecule has 0 unspecified atom stereocenters. The van der Waals surface area contributed by atoms with Crippen LogP contribution in [0.25, 0.3) is 0 Å². The Bertz CT molecular complexity index is 859. The number of benzene rings is 1. The predicted molar refractivity (Wildman–Crippen MR) is 109 cm³/mol. The van der Waals surface area contributed by atoms with Crippen molar-refractivity contribution in [1.29, 1.82) is 0 Å². The number of thioether (sulfide) groups is 1. The van der Waals surface area contributed by atoms with Gasteiger partial charge in [-0.3, -0.25) is 0 Å². The minimum atomic E-state index is -3.44. The first-order valence-electron chi connectivity index (χ1n) is 9.23. The van der Waals surface area contributed by atoms with E-state index in [1.54, 1.807) is 35.3 Å². The molecule has 0 saturated carbocycles. The highest BCUT2D eigenvalue weighted by molar-refractivity contribution is 7.98. The minimum absolute atomic E-state index is 0.280. The molecule has 1 aromatic heterocycles. The van der Waals surface area contributed by atoms with Gasteiger partial charge in [-0.05, 0) is 38.0 Å². The summed E-state index contributed by atoms with van der Waals surface area (Å²) in [5.74, 6) is 1.57. The zero-order valence-corrected chi connectivity index (χ0v) is 17.5. The molecule has 0 aliphatic carbocycles. The van der Waals surface area contributed by atoms with E-state index in [9.17, 15) is 8.42 Å². The maximum atomic E-state index is 12.8. The summed E-state index contributed by atoms with van der Waals surface area (Å²) in [6.45, 7) is 3.26. The van der Waals surface area contributed by atoms with Gasteiger partial charge in [-0.1, -0.05) is 30.5 Å². The van der Waals surface area contributed by atoms with Crippen LogP contribution in [-0.4, -0.2) is 37.9 Å². The van der Waals surface area contributed by atoms with Crippen molar-refractivity contribution in [1.82, 2.24) is 9.29 Å². The Morgan fingerprint density at radius 1 is 1.11 bits per heavy atom. The zero-order chi connectivity index (χ0) is 19.3. The smallest absolute Gasteiger partial charge is 0.244 e. The Kier molecular flexibility index (Phi) is 6.78. The highest BCUT2D eigenvalue weighted by Gasteiger charge is 2.25. The maximum absolute atomic E-state index is 12.8. The van der Waals surface area contributed by atoms with Crippen molar-refractivity contribution in [3.63, 3.8) is 0 Å². The van der Waals surface area contributed by atoms with Gasteiger partial charge in [-0.25, -0.2) is 13.4 Å². The topological polar surface area (TPSA) is 59.5 Å². The number of nitrogens with zero attached hydrogens (tertiary/aromatic N) is 2. The summed E-state index contributed by atoms with van der Waals surface area (Å²) in [5.41, 5.74) is 2.28. The van der Waals surface area contributed by atoms with Crippen LogP contribution < -0.4 is 4.74 Å². The van der Waals surface area contributed by atoms with Crippen LogP contribution in [0.15, 0.2) is 46.5 Å². The molecule has 1 aliphatic rings. The second kappa shape index (κ2) is 9.08. The fourth-order valence-electron chi connectivity index (χ4n) is 3.21. The summed E-state index contributed by atoms with van der Waals surface area (Å²) in [5, 5.41) is 0.799. The van der Waals surface area contributed by atoms with Crippen LogP contribution in [0, 0.1) is 6.92 Å². The van der Waals surface area contributed by atoms with E-state index in [-0.39, 0.29) is 4.90 Å². The molecule has 0 atom stereocenters. The quantitative estimate of drug-likeness (QED) is 0.671.